The normalized spacial score (nSPS) is 14.8. The number of pyridine rings is 1. The maximum atomic E-state index is 12.3. The number of anilines is 1. The summed E-state index contributed by atoms with van der Waals surface area (Å²) < 4.78 is 0. The summed E-state index contributed by atoms with van der Waals surface area (Å²) in [5, 5.41) is 0. The molecule has 1 saturated heterocycles. The Hall–Kier alpha value is -2.15. The molecule has 1 aromatic heterocycles. The van der Waals surface area contributed by atoms with Gasteiger partial charge in [-0.3, -0.25) is 14.5 Å². The van der Waals surface area contributed by atoms with Crippen molar-refractivity contribution >= 4 is 17.6 Å². The number of rotatable bonds is 6. The highest BCUT2D eigenvalue weighted by Crippen LogP contribution is 2.13. The van der Waals surface area contributed by atoms with E-state index in [9.17, 15) is 9.59 Å². The van der Waals surface area contributed by atoms with Crippen LogP contribution in [-0.4, -0.2) is 91.9 Å². The van der Waals surface area contributed by atoms with Crippen LogP contribution in [0.1, 0.15) is 6.42 Å². The van der Waals surface area contributed by atoms with Crippen molar-refractivity contribution in [3.8, 4) is 0 Å². The summed E-state index contributed by atoms with van der Waals surface area (Å²) in [5.41, 5.74) is 0. The van der Waals surface area contributed by atoms with Crippen LogP contribution in [0.25, 0.3) is 0 Å². The molecule has 0 aliphatic carbocycles. The summed E-state index contributed by atoms with van der Waals surface area (Å²) >= 11 is 0. The fourth-order valence-electron chi connectivity index (χ4n) is 2.62. The van der Waals surface area contributed by atoms with E-state index < -0.39 is 0 Å². The zero-order valence-corrected chi connectivity index (χ0v) is 14.8. The van der Waals surface area contributed by atoms with Crippen molar-refractivity contribution in [1.82, 2.24) is 19.7 Å². The minimum Gasteiger partial charge on any atom is -0.353 e. The van der Waals surface area contributed by atoms with E-state index in [0.29, 0.717) is 19.5 Å². The predicted molar refractivity (Wildman–Crippen MR) is 93.8 cm³/mol. The fourth-order valence-corrected chi connectivity index (χ4v) is 2.62. The van der Waals surface area contributed by atoms with Crippen molar-refractivity contribution in [2.45, 2.75) is 6.42 Å². The summed E-state index contributed by atoms with van der Waals surface area (Å²) in [6, 6.07) is 5.87. The highest BCUT2D eigenvalue weighted by atomic mass is 16.2. The summed E-state index contributed by atoms with van der Waals surface area (Å²) in [6.07, 6.45) is 2.23. The second-order valence-corrected chi connectivity index (χ2v) is 6.33. The van der Waals surface area contributed by atoms with Gasteiger partial charge < -0.3 is 14.7 Å². The van der Waals surface area contributed by atoms with Gasteiger partial charge in [-0.05, 0) is 19.2 Å². The Balaban J connectivity index is 1.72. The molecule has 0 saturated carbocycles. The molecule has 1 aliphatic heterocycles. The molecule has 7 heteroatoms. The van der Waals surface area contributed by atoms with Crippen LogP contribution >= 0.6 is 0 Å². The van der Waals surface area contributed by atoms with Gasteiger partial charge in [-0.2, -0.15) is 0 Å². The second kappa shape index (κ2) is 8.63. The lowest BCUT2D eigenvalue weighted by molar-refractivity contribution is -0.133. The van der Waals surface area contributed by atoms with Crippen molar-refractivity contribution in [3.05, 3.63) is 24.4 Å². The Morgan fingerprint density at radius 2 is 1.83 bits per heavy atom. The second-order valence-electron chi connectivity index (χ2n) is 6.33. The number of hydrogen-bond acceptors (Lipinski definition) is 5. The first-order valence-electron chi connectivity index (χ1n) is 8.30. The minimum absolute atomic E-state index is 0.0499. The lowest BCUT2D eigenvalue weighted by Gasteiger charge is -2.35. The van der Waals surface area contributed by atoms with E-state index in [2.05, 4.69) is 9.88 Å². The Morgan fingerprint density at radius 3 is 2.42 bits per heavy atom. The highest BCUT2D eigenvalue weighted by Gasteiger charge is 2.22. The summed E-state index contributed by atoms with van der Waals surface area (Å²) in [4.78, 5) is 35.9. The molecule has 1 fully saturated rings. The van der Waals surface area contributed by atoms with E-state index in [1.807, 2.05) is 35.0 Å². The zero-order chi connectivity index (χ0) is 17.5. The molecule has 0 bridgehead atoms. The van der Waals surface area contributed by atoms with Crippen LogP contribution in [0.4, 0.5) is 5.82 Å². The van der Waals surface area contributed by atoms with Gasteiger partial charge in [-0.15, -0.1) is 0 Å². The standard InChI is InChI=1S/C17H27N5O2/c1-19(2)17(24)14-20(3)9-7-16(23)22-12-10-21(11-13-22)15-6-4-5-8-18-15/h4-6,8H,7,9-14H2,1-3H3. The van der Waals surface area contributed by atoms with Crippen molar-refractivity contribution in [1.29, 1.82) is 0 Å². The van der Waals surface area contributed by atoms with Crippen molar-refractivity contribution in [3.63, 3.8) is 0 Å². The molecule has 2 amide bonds. The van der Waals surface area contributed by atoms with Crippen LogP contribution in [0.3, 0.4) is 0 Å². The Labute approximate surface area is 143 Å². The number of hydrogen-bond donors (Lipinski definition) is 0. The smallest absolute Gasteiger partial charge is 0.236 e. The molecule has 0 spiro atoms. The van der Waals surface area contributed by atoms with Crippen molar-refractivity contribution in [2.24, 2.45) is 0 Å². The SMILES string of the molecule is CN(CCC(=O)N1CCN(c2ccccn2)CC1)CC(=O)N(C)C. The monoisotopic (exact) mass is 333 g/mol. The van der Waals surface area contributed by atoms with Crippen LogP contribution in [0.15, 0.2) is 24.4 Å². The van der Waals surface area contributed by atoms with E-state index in [4.69, 9.17) is 0 Å². The van der Waals surface area contributed by atoms with Gasteiger partial charge in [0, 0.05) is 59.4 Å². The third-order valence-electron chi connectivity index (χ3n) is 4.22. The number of carbonyl (C=O) groups excluding carboxylic acids is 2. The molecule has 0 atom stereocenters. The predicted octanol–water partition coefficient (Wildman–Crippen LogP) is 0.140. The van der Waals surface area contributed by atoms with Crippen LogP contribution in [0, 0.1) is 0 Å². The summed E-state index contributed by atoms with van der Waals surface area (Å²) in [5.74, 6) is 1.17. The molecule has 0 aromatic carbocycles. The molecule has 1 aliphatic rings. The van der Waals surface area contributed by atoms with Gasteiger partial charge in [0.05, 0.1) is 6.54 Å². The first-order valence-corrected chi connectivity index (χ1v) is 8.30. The lowest BCUT2D eigenvalue weighted by atomic mass is 10.2. The Kier molecular flexibility index (Phi) is 6.54. The van der Waals surface area contributed by atoms with Gasteiger partial charge in [0.25, 0.3) is 0 Å². The van der Waals surface area contributed by atoms with E-state index in [1.54, 1.807) is 25.2 Å². The van der Waals surface area contributed by atoms with Gasteiger partial charge in [-0.25, -0.2) is 4.98 Å². The van der Waals surface area contributed by atoms with Crippen molar-refractivity contribution in [2.75, 3.05) is 65.3 Å². The quantitative estimate of drug-likeness (QED) is 0.741. The molecule has 1 aromatic rings. The van der Waals surface area contributed by atoms with Gasteiger partial charge in [-0.1, -0.05) is 6.07 Å². The first kappa shape index (κ1) is 18.2. The molecule has 7 nitrogen and oxygen atoms in total. The molecule has 0 N–H and O–H groups in total. The lowest BCUT2D eigenvalue weighted by Crippen LogP contribution is -2.49. The number of nitrogens with zero attached hydrogens (tertiary/aromatic N) is 5. The average Bonchev–Trinajstić information content (AvgIpc) is 2.60. The van der Waals surface area contributed by atoms with Crippen LogP contribution in [-0.2, 0) is 9.59 Å². The highest BCUT2D eigenvalue weighted by molar-refractivity contribution is 5.78. The fraction of sp³-hybridized carbons (Fsp3) is 0.588. The largest absolute Gasteiger partial charge is 0.353 e. The third kappa shape index (κ3) is 5.19. The zero-order valence-electron chi connectivity index (χ0n) is 14.8. The molecular weight excluding hydrogens is 306 g/mol. The first-order chi connectivity index (χ1) is 11.5. The van der Waals surface area contributed by atoms with Gasteiger partial charge >= 0.3 is 0 Å². The van der Waals surface area contributed by atoms with Gasteiger partial charge in [0.1, 0.15) is 5.82 Å². The number of amides is 2. The molecule has 2 rings (SSSR count). The molecule has 132 valence electrons. The molecule has 2 heterocycles. The van der Waals surface area contributed by atoms with Crippen molar-refractivity contribution < 1.29 is 9.59 Å². The molecule has 0 unspecified atom stereocenters. The minimum atomic E-state index is 0.0499. The maximum Gasteiger partial charge on any atom is 0.236 e. The topological polar surface area (TPSA) is 60.0 Å². The number of aromatic nitrogens is 1. The molecule has 0 radical (unpaired) electrons. The Bertz CT molecular complexity index is 541. The van der Waals surface area contributed by atoms with E-state index in [0.717, 1.165) is 32.0 Å². The summed E-state index contributed by atoms with van der Waals surface area (Å²) in [6.45, 7) is 3.98. The van der Waals surface area contributed by atoms with Crippen LogP contribution in [0.5, 0.6) is 0 Å². The van der Waals surface area contributed by atoms with E-state index in [-0.39, 0.29) is 11.8 Å². The number of likely N-dealkylation sites (N-methyl/N-ethyl adjacent to an activating group) is 2. The summed E-state index contributed by atoms with van der Waals surface area (Å²) in [7, 11) is 5.35. The average molecular weight is 333 g/mol. The molecule has 24 heavy (non-hydrogen) atoms. The number of piperazine rings is 1. The Morgan fingerprint density at radius 1 is 1.12 bits per heavy atom. The van der Waals surface area contributed by atoms with Crippen LogP contribution < -0.4 is 4.90 Å². The maximum absolute atomic E-state index is 12.3. The van der Waals surface area contributed by atoms with E-state index in [1.165, 1.54) is 0 Å². The molecular formula is C17H27N5O2. The number of carbonyl (C=O) groups is 2. The van der Waals surface area contributed by atoms with Gasteiger partial charge in [0.15, 0.2) is 0 Å². The van der Waals surface area contributed by atoms with E-state index >= 15 is 0 Å². The van der Waals surface area contributed by atoms with Gasteiger partial charge in [0.2, 0.25) is 11.8 Å². The third-order valence-corrected chi connectivity index (χ3v) is 4.22. The van der Waals surface area contributed by atoms with Crippen LogP contribution in [0.2, 0.25) is 0 Å².